The van der Waals surface area contributed by atoms with Crippen molar-refractivity contribution in [2.75, 3.05) is 7.11 Å². The standard InChI is InChI=1S/C40H54O8Si/c1-25-16-21-30(48-49(9,10)37(2,3)4)39(7)31(25)33(47-36(43)27-14-12-11-13-15-27)35(42)40(44)23-22-29(38(40,5)6)32(34(39)41)46-24-26-17-19-28(45-8)20-18-26/h11-15,17-20,29-33,44H,1,16,21-24H2,2-10H3/t29?,30-,31-,32+,33-,39+,40?/m0/s1. The maximum absolute atomic E-state index is 15.6. The Balaban J connectivity index is 1.69. The SMILES string of the molecule is C=C1CC[C@H](O[Si](C)(C)C(C)(C)C)[C@@]2(C)C(=O)[C@H](OCc3ccc(OC)cc3)C3CCC(O)(C(=O)[C@@H](OC(=O)c4ccccc4)[C@H]12)C3(C)C. The van der Waals surface area contributed by atoms with E-state index in [1.807, 2.05) is 45.0 Å². The van der Waals surface area contributed by atoms with Crippen molar-refractivity contribution < 1.29 is 38.1 Å². The summed E-state index contributed by atoms with van der Waals surface area (Å²) in [5, 5.41) is 12.3. The second-order valence-corrected chi connectivity index (χ2v) is 21.3. The minimum absolute atomic E-state index is 0.109. The number of ether oxygens (including phenoxy) is 3. The van der Waals surface area contributed by atoms with Crippen molar-refractivity contribution in [2.45, 2.75) is 116 Å². The largest absolute Gasteiger partial charge is 0.497 e. The van der Waals surface area contributed by atoms with Crippen LogP contribution in [0.4, 0.5) is 0 Å². The maximum Gasteiger partial charge on any atom is 0.338 e. The third-order valence-electron chi connectivity index (χ3n) is 12.5. The van der Waals surface area contributed by atoms with Crippen LogP contribution in [0.25, 0.3) is 0 Å². The van der Waals surface area contributed by atoms with E-state index in [1.165, 1.54) is 0 Å². The van der Waals surface area contributed by atoms with Gasteiger partial charge in [-0.3, -0.25) is 9.59 Å². The molecule has 0 heterocycles. The number of carbonyl (C=O) groups excluding carboxylic acids is 3. The van der Waals surface area contributed by atoms with Gasteiger partial charge in [0.05, 0.1) is 30.8 Å². The summed E-state index contributed by atoms with van der Waals surface area (Å²) in [6, 6.07) is 16.0. The van der Waals surface area contributed by atoms with Crippen LogP contribution in [0.15, 0.2) is 66.7 Å². The number of fused-ring (bicyclic) bond motifs is 3. The van der Waals surface area contributed by atoms with E-state index in [0.29, 0.717) is 30.6 Å². The van der Waals surface area contributed by atoms with Gasteiger partial charge in [-0.05, 0) is 80.6 Å². The molecule has 0 radical (unpaired) electrons. The number of benzene rings is 2. The van der Waals surface area contributed by atoms with Gasteiger partial charge in [0, 0.05) is 17.3 Å². The molecule has 3 saturated carbocycles. The number of methoxy groups -OCH3 is 1. The highest BCUT2D eigenvalue weighted by molar-refractivity contribution is 6.74. The fourth-order valence-electron chi connectivity index (χ4n) is 8.13. The molecule has 0 aliphatic heterocycles. The fraction of sp³-hybridized carbons (Fsp3) is 0.575. The van der Waals surface area contributed by atoms with Gasteiger partial charge in [0.1, 0.15) is 17.5 Å². The number of Topliss-reactive ketones (excluding diaryl/α,β-unsaturated/α-hetero) is 2. The Labute approximate surface area is 292 Å². The van der Waals surface area contributed by atoms with Crippen LogP contribution in [-0.4, -0.2) is 62.0 Å². The lowest BCUT2D eigenvalue weighted by Gasteiger charge is -2.53. The maximum atomic E-state index is 15.6. The van der Waals surface area contributed by atoms with Crippen LogP contribution >= 0.6 is 0 Å². The minimum atomic E-state index is -2.47. The van der Waals surface area contributed by atoms with E-state index < -0.39 is 66.6 Å². The van der Waals surface area contributed by atoms with E-state index in [1.54, 1.807) is 37.4 Å². The van der Waals surface area contributed by atoms with E-state index in [4.69, 9.17) is 18.6 Å². The molecular weight excluding hydrogens is 637 g/mol. The highest BCUT2D eigenvalue weighted by atomic mass is 28.4. The van der Waals surface area contributed by atoms with Gasteiger partial charge in [-0.15, -0.1) is 0 Å². The Bertz CT molecular complexity index is 1580. The van der Waals surface area contributed by atoms with Crippen molar-refractivity contribution in [1.29, 1.82) is 0 Å². The predicted molar refractivity (Wildman–Crippen MR) is 191 cm³/mol. The lowest BCUT2D eigenvalue weighted by molar-refractivity contribution is -0.165. The zero-order valence-corrected chi connectivity index (χ0v) is 31.6. The third-order valence-corrected chi connectivity index (χ3v) is 17.0. The Kier molecular flexibility index (Phi) is 10.0. The molecule has 8 nitrogen and oxygen atoms in total. The van der Waals surface area contributed by atoms with Crippen molar-refractivity contribution in [2.24, 2.45) is 22.7 Å². The predicted octanol–water partition coefficient (Wildman–Crippen LogP) is 7.49. The summed E-state index contributed by atoms with van der Waals surface area (Å²) in [7, 11) is -0.866. The van der Waals surface area contributed by atoms with Gasteiger partial charge in [0.15, 0.2) is 20.2 Å². The van der Waals surface area contributed by atoms with Gasteiger partial charge in [-0.1, -0.05) is 77.1 Å². The molecule has 49 heavy (non-hydrogen) atoms. The molecule has 0 amide bonds. The zero-order valence-electron chi connectivity index (χ0n) is 30.6. The summed E-state index contributed by atoms with van der Waals surface area (Å²) in [5.41, 5.74) is -2.60. The van der Waals surface area contributed by atoms with Crippen LogP contribution in [0, 0.1) is 22.7 Å². The number of hydrogen-bond acceptors (Lipinski definition) is 8. The Morgan fingerprint density at radius 1 is 0.959 bits per heavy atom. The summed E-state index contributed by atoms with van der Waals surface area (Å²) >= 11 is 0. The molecule has 2 aromatic carbocycles. The first-order valence-electron chi connectivity index (χ1n) is 17.5. The monoisotopic (exact) mass is 690 g/mol. The minimum Gasteiger partial charge on any atom is -0.497 e. The number of ketones is 2. The smallest absolute Gasteiger partial charge is 0.338 e. The van der Waals surface area contributed by atoms with Crippen LogP contribution in [0.3, 0.4) is 0 Å². The van der Waals surface area contributed by atoms with Gasteiger partial charge < -0.3 is 23.7 Å². The van der Waals surface area contributed by atoms with Gasteiger partial charge in [-0.2, -0.15) is 0 Å². The van der Waals surface area contributed by atoms with Crippen LogP contribution in [-0.2, 0) is 30.1 Å². The van der Waals surface area contributed by atoms with Crippen LogP contribution in [0.1, 0.15) is 83.1 Å². The highest BCUT2D eigenvalue weighted by Crippen LogP contribution is 2.60. The second-order valence-electron chi connectivity index (χ2n) is 16.6. The first-order chi connectivity index (χ1) is 22.8. The highest BCUT2D eigenvalue weighted by Gasteiger charge is 2.69. The molecule has 0 saturated heterocycles. The number of hydrogen-bond donors (Lipinski definition) is 1. The molecule has 3 fully saturated rings. The number of esters is 1. The average Bonchev–Trinajstić information content (AvgIpc) is 3.30. The molecule has 3 aliphatic carbocycles. The quantitative estimate of drug-likeness (QED) is 0.173. The van der Waals surface area contributed by atoms with E-state index in [-0.39, 0.29) is 29.4 Å². The van der Waals surface area contributed by atoms with Gasteiger partial charge >= 0.3 is 5.97 Å². The van der Waals surface area contributed by atoms with Crippen molar-refractivity contribution in [3.63, 3.8) is 0 Å². The molecule has 1 N–H and O–H groups in total. The molecule has 2 unspecified atom stereocenters. The molecule has 266 valence electrons. The lowest BCUT2D eigenvalue weighted by atomic mass is 9.57. The van der Waals surface area contributed by atoms with Crippen molar-refractivity contribution >= 4 is 25.9 Å². The number of aliphatic hydroxyl groups is 1. The summed E-state index contributed by atoms with van der Waals surface area (Å²) in [6.45, 7) is 20.8. The molecular formula is C40H54O8Si. The lowest BCUT2D eigenvalue weighted by Crippen LogP contribution is -2.62. The number of rotatable bonds is 8. The van der Waals surface area contributed by atoms with Crippen molar-refractivity contribution in [3.05, 3.63) is 77.9 Å². The molecule has 0 spiro atoms. The van der Waals surface area contributed by atoms with Crippen LogP contribution in [0.2, 0.25) is 18.1 Å². The molecule has 7 atom stereocenters. The van der Waals surface area contributed by atoms with E-state index in [2.05, 4.69) is 40.4 Å². The first-order valence-corrected chi connectivity index (χ1v) is 20.4. The Morgan fingerprint density at radius 2 is 1.59 bits per heavy atom. The number of carbonyl (C=O) groups is 3. The van der Waals surface area contributed by atoms with Gasteiger partial charge in [0.25, 0.3) is 0 Å². The van der Waals surface area contributed by atoms with E-state index >= 15 is 4.79 Å². The normalized spacial score (nSPS) is 31.7. The first kappa shape index (κ1) is 37.1. The molecule has 2 bridgehead atoms. The molecule has 5 rings (SSSR count). The molecule has 3 aliphatic rings. The van der Waals surface area contributed by atoms with Crippen LogP contribution < -0.4 is 4.74 Å². The van der Waals surface area contributed by atoms with Crippen molar-refractivity contribution in [3.8, 4) is 5.75 Å². The fourth-order valence-corrected chi connectivity index (χ4v) is 9.56. The van der Waals surface area contributed by atoms with E-state index in [9.17, 15) is 14.7 Å². The zero-order chi connectivity index (χ0) is 36.2. The third kappa shape index (κ3) is 6.37. The summed E-state index contributed by atoms with van der Waals surface area (Å²) in [4.78, 5) is 44.4. The average molecular weight is 691 g/mol. The second kappa shape index (κ2) is 13.2. The van der Waals surface area contributed by atoms with Crippen LogP contribution in [0.5, 0.6) is 5.75 Å². The summed E-state index contributed by atoms with van der Waals surface area (Å²) in [5.74, 6) is -2.25. The Hall–Kier alpha value is -3.11. The topological polar surface area (TPSA) is 108 Å². The Morgan fingerprint density at radius 3 is 2.18 bits per heavy atom. The van der Waals surface area contributed by atoms with Gasteiger partial charge in [-0.25, -0.2) is 4.79 Å². The molecule has 0 aromatic heterocycles. The van der Waals surface area contributed by atoms with Gasteiger partial charge in [0.2, 0.25) is 5.78 Å². The van der Waals surface area contributed by atoms with E-state index in [0.717, 1.165) is 5.56 Å². The molecule has 2 aromatic rings. The molecule has 9 heteroatoms. The summed E-state index contributed by atoms with van der Waals surface area (Å²) < 4.78 is 25.4. The summed E-state index contributed by atoms with van der Waals surface area (Å²) in [6.07, 6.45) is -1.58. The van der Waals surface area contributed by atoms with Crippen molar-refractivity contribution in [1.82, 2.24) is 0 Å².